The van der Waals surface area contributed by atoms with E-state index >= 15 is 0 Å². The van der Waals surface area contributed by atoms with Gasteiger partial charge in [0.2, 0.25) is 0 Å². The van der Waals surface area contributed by atoms with E-state index in [-0.39, 0.29) is 4.21 Å². The highest BCUT2D eigenvalue weighted by molar-refractivity contribution is 7.91. The minimum absolute atomic E-state index is 0.0411. The Morgan fingerprint density at radius 2 is 1.80 bits per heavy atom. The van der Waals surface area contributed by atoms with Crippen LogP contribution in [0.4, 0.5) is 0 Å². The minimum Gasteiger partial charge on any atom is -0.480 e. The van der Waals surface area contributed by atoms with Gasteiger partial charge in [0.15, 0.2) is 0 Å². The third-order valence-corrected chi connectivity index (χ3v) is 9.04. The number of sulfonamides is 1. The Balaban J connectivity index is 1.56. The number of carboxylic acids is 1. The second kappa shape index (κ2) is 10.6. The number of thiophene rings is 1. The number of carboxylic acid groups (broad SMARTS) is 1. The van der Waals surface area contributed by atoms with E-state index in [2.05, 4.69) is 16.6 Å². The number of rotatable bonds is 6. The number of benzene rings is 2. The molecule has 3 aromatic rings. The Hall–Kier alpha value is -3.18. The van der Waals surface area contributed by atoms with Crippen LogP contribution in [0.3, 0.4) is 0 Å². The van der Waals surface area contributed by atoms with Crippen LogP contribution in [0.2, 0.25) is 0 Å². The number of allylic oxidation sites excluding steroid dienone is 1. The van der Waals surface area contributed by atoms with E-state index in [1.54, 1.807) is 13.0 Å². The molecule has 4 rings (SSSR count). The zero-order valence-electron chi connectivity index (χ0n) is 19.6. The molecule has 0 unspecified atom stereocenters. The van der Waals surface area contributed by atoms with Crippen molar-refractivity contribution in [2.24, 2.45) is 5.92 Å². The molecule has 2 N–H and O–H groups in total. The molecule has 0 radical (unpaired) electrons. The molecule has 35 heavy (non-hydrogen) atoms. The molecule has 1 aromatic heterocycles. The Morgan fingerprint density at radius 3 is 2.54 bits per heavy atom. The first-order chi connectivity index (χ1) is 16.7. The van der Waals surface area contributed by atoms with Crippen molar-refractivity contribution in [1.82, 2.24) is 4.72 Å². The maximum absolute atomic E-state index is 13.1. The summed E-state index contributed by atoms with van der Waals surface area (Å²) in [7, 11) is -4.05. The van der Waals surface area contributed by atoms with Crippen molar-refractivity contribution >= 4 is 32.9 Å². The fourth-order valence-electron chi connectivity index (χ4n) is 4.18. The van der Waals surface area contributed by atoms with Crippen LogP contribution in [0.5, 0.6) is 0 Å². The van der Waals surface area contributed by atoms with E-state index < -0.39 is 28.0 Å². The van der Waals surface area contributed by atoms with Gasteiger partial charge in [-0.2, -0.15) is 4.72 Å². The first-order valence-corrected chi connectivity index (χ1v) is 13.8. The van der Waals surface area contributed by atoms with Gasteiger partial charge >= 0.3 is 5.97 Å². The van der Waals surface area contributed by atoms with Crippen LogP contribution in [0, 0.1) is 24.7 Å². The lowest BCUT2D eigenvalue weighted by molar-refractivity contribution is -0.139. The van der Waals surface area contributed by atoms with Gasteiger partial charge < -0.3 is 5.11 Å². The summed E-state index contributed by atoms with van der Waals surface area (Å²) in [6.07, 6.45) is 4.75. The van der Waals surface area contributed by atoms with Crippen LogP contribution in [0.25, 0.3) is 5.57 Å². The van der Waals surface area contributed by atoms with Crippen LogP contribution in [0.1, 0.15) is 46.9 Å². The summed E-state index contributed by atoms with van der Waals surface area (Å²) in [5, 5.41) is 9.96. The normalized spacial score (nSPS) is 15.1. The highest BCUT2D eigenvalue weighted by atomic mass is 32.2. The van der Waals surface area contributed by atoms with Crippen molar-refractivity contribution < 1.29 is 18.3 Å². The standard InChI is InChI=1S/C28H27NO4S2/c1-19-11-13-21(14-12-19)15-16-23-17-18-26(34-23)35(32,33)29-27(28(30)31)20(2)24-9-5-3-7-22-8-4-6-10-25(22)24/h4,6,8-14,17-18,20,27,29H,3,5,7H2,1-2H3,(H,30,31)/t20-,27-/m1/s1. The summed E-state index contributed by atoms with van der Waals surface area (Å²) in [4.78, 5) is 12.8. The molecule has 0 saturated heterocycles. The largest absolute Gasteiger partial charge is 0.480 e. The lowest BCUT2D eigenvalue weighted by atomic mass is 9.86. The molecular formula is C28H27NO4S2. The Labute approximate surface area is 210 Å². The van der Waals surface area contributed by atoms with E-state index in [9.17, 15) is 18.3 Å². The molecule has 5 nitrogen and oxygen atoms in total. The Bertz CT molecular complexity index is 1420. The SMILES string of the molecule is Cc1ccc(C#Cc2ccc(S(=O)(=O)N[C@@H](C(=O)O)[C@H](C)C3=CCCCc4ccccc43)s2)cc1. The number of carbonyl (C=O) groups is 1. The van der Waals surface area contributed by atoms with Gasteiger partial charge in [0, 0.05) is 11.5 Å². The summed E-state index contributed by atoms with van der Waals surface area (Å²) in [6.45, 7) is 3.76. The molecule has 180 valence electrons. The van der Waals surface area contributed by atoms with Gasteiger partial charge in [-0.05, 0) is 67.2 Å². The monoisotopic (exact) mass is 505 g/mol. The molecule has 0 saturated carbocycles. The molecule has 0 fully saturated rings. The summed E-state index contributed by atoms with van der Waals surface area (Å²) in [6, 6.07) is 17.5. The quantitative estimate of drug-likeness (QED) is 0.449. The van der Waals surface area contributed by atoms with E-state index in [1.807, 2.05) is 61.5 Å². The van der Waals surface area contributed by atoms with Gasteiger partial charge in [-0.1, -0.05) is 66.8 Å². The number of nitrogens with one attached hydrogen (secondary N) is 1. The Morgan fingerprint density at radius 1 is 1.06 bits per heavy atom. The fourth-order valence-corrected chi connectivity index (χ4v) is 6.63. The molecule has 2 aromatic carbocycles. The molecule has 2 atom stereocenters. The van der Waals surface area contributed by atoms with Crippen LogP contribution < -0.4 is 4.72 Å². The third-order valence-electron chi connectivity index (χ3n) is 6.11. The van der Waals surface area contributed by atoms with E-state index in [4.69, 9.17) is 0 Å². The molecule has 1 aliphatic carbocycles. The topological polar surface area (TPSA) is 83.5 Å². The van der Waals surface area contributed by atoms with Crippen molar-refractivity contribution in [3.05, 3.63) is 93.9 Å². The van der Waals surface area contributed by atoms with Crippen molar-refractivity contribution in [3.63, 3.8) is 0 Å². The van der Waals surface area contributed by atoms with Crippen molar-refractivity contribution in [2.75, 3.05) is 0 Å². The smallest absolute Gasteiger partial charge is 0.322 e. The average molecular weight is 506 g/mol. The molecule has 0 bridgehead atoms. The molecular weight excluding hydrogens is 478 g/mol. The molecule has 0 amide bonds. The highest BCUT2D eigenvalue weighted by Crippen LogP contribution is 2.33. The van der Waals surface area contributed by atoms with E-state index in [0.29, 0.717) is 4.88 Å². The molecule has 0 aliphatic heterocycles. The van der Waals surface area contributed by atoms with Crippen LogP contribution >= 0.6 is 11.3 Å². The van der Waals surface area contributed by atoms with Gasteiger partial charge in [-0.25, -0.2) is 8.42 Å². The lowest BCUT2D eigenvalue weighted by Gasteiger charge is -2.24. The van der Waals surface area contributed by atoms with Gasteiger partial charge in [0.25, 0.3) is 10.0 Å². The second-order valence-electron chi connectivity index (χ2n) is 8.67. The predicted molar refractivity (Wildman–Crippen MR) is 140 cm³/mol. The number of fused-ring (bicyclic) bond motifs is 1. The molecule has 7 heteroatoms. The fraction of sp³-hybridized carbons (Fsp3) is 0.250. The maximum atomic E-state index is 13.1. The van der Waals surface area contributed by atoms with E-state index in [0.717, 1.165) is 58.4 Å². The van der Waals surface area contributed by atoms with Gasteiger partial charge in [-0.15, -0.1) is 11.3 Å². The number of aliphatic carboxylic acids is 1. The van der Waals surface area contributed by atoms with Gasteiger partial charge in [0.1, 0.15) is 10.3 Å². The third kappa shape index (κ3) is 5.91. The minimum atomic E-state index is -4.05. The van der Waals surface area contributed by atoms with Crippen LogP contribution in [-0.4, -0.2) is 25.5 Å². The van der Waals surface area contributed by atoms with E-state index in [1.165, 1.54) is 6.07 Å². The number of hydrogen-bond donors (Lipinski definition) is 2. The second-order valence-corrected chi connectivity index (χ2v) is 11.7. The number of hydrogen-bond acceptors (Lipinski definition) is 4. The van der Waals surface area contributed by atoms with Crippen molar-refractivity contribution in [3.8, 4) is 11.8 Å². The predicted octanol–water partition coefficient (Wildman–Crippen LogP) is 5.24. The average Bonchev–Trinajstić information content (AvgIpc) is 3.22. The molecule has 0 spiro atoms. The van der Waals surface area contributed by atoms with Crippen LogP contribution in [0.15, 0.2) is 70.9 Å². The van der Waals surface area contributed by atoms with Crippen molar-refractivity contribution in [2.45, 2.75) is 43.4 Å². The molecule has 1 heterocycles. The summed E-state index contributed by atoms with van der Waals surface area (Å²) in [5.74, 6) is 4.26. The maximum Gasteiger partial charge on any atom is 0.322 e. The summed E-state index contributed by atoms with van der Waals surface area (Å²) in [5.41, 5.74) is 4.99. The first-order valence-electron chi connectivity index (χ1n) is 11.5. The Kier molecular flexibility index (Phi) is 7.56. The molecule has 1 aliphatic rings. The van der Waals surface area contributed by atoms with Crippen LogP contribution in [-0.2, 0) is 21.2 Å². The zero-order chi connectivity index (χ0) is 25.0. The first kappa shape index (κ1) is 24.9. The highest BCUT2D eigenvalue weighted by Gasteiger charge is 2.34. The van der Waals surface area contributed by atoms with Gasteiger partial charge in [0.05, 0.1) is 4.88 Å². The zero-order valence-corrected chi connectivity index (χ0v) is 21.2. The lowest BCUT2D eigenvalue weighted by Crippen LogP contribution is -2.45. The summed E-state index contributed by atoms with van der Waals surface area (Å²) >= 11 is 1.02. The summed E-state index contributed by atoms with van der Waals surface area (Å²) < 4.78 is 28.8. The van der Waals surface area contributed by atoms with Gasteiger partial charge in [-0.3, -0.25) is 4.79 Å². The van der Waals surface area contributed by atoms with Crippen molar-refractivity contribution in [1.29, 1.82) is 0 Å². The number of aryl methyl sites for hydroxylation is 2.